The lowest BCUT2D eigenvalue weighted by atomic mass is 9.79. The summed E-state index contributed by atoms with van der Waals surface area (Å²) in [6, 6.07) is 0. The number of nitrogens with zero attached hydrogens (tertiary/aromatic N) is 2. The number of hydrogen-bond acceptors (Lipinski definition) is 6. The maximum Gasteiger partial charge on any atom is 0.137 e. The zero-order valence-electron chi connectivity index (χ0n) is 14.3. The number of ether oxygens (including phenoxy) is 1. The van der Waals surface area contributed by atoms with Crippen LogP contribution in [0.1, 0.15) is 27.2 Å². The monoisotopic (exact) mass is 350 g/mol. The van der Waals surface area contributed by atoms with Gasteiger partial charge in [0.25, 0.3) is 0 Å². The largest absolute Gasteiger partial charge is 0.501 e. The quantitative estimate of drug-likeness (QED) is 0.802. The van der Waals surface area contributed by atoms with E-state index < -0.39 is 0 Å². The Bertz CT molecular complexity index is 684. The van der Waals surface area contributed by atoms with Crippen molar-refractivity contribution in [1.29, 1.82) is 0 Å². The van der Waals surface area contributed by atoms with E-state index in [1.54, 1.807) is 7.11 Å². The lowest BCUT2D eigenvalue weighted by molar-refractivity contribution is 0.0821. The van der Waals surface area contributed by atoms with E-state index in [4.69, 9.17) is 21.2 Å². The van der Waals surface area contributed by atoms with Crippen LogP contribution in [-0.4, -0.2) is 36.4 Å². The Hall–Kier alpha value is -1.53. The van der Waals surface area contributed by atoms with E-state index in [0.717, 1.165) is 23.5 Å². The van der Waals surface area contributed by atoms with Gasteiger partial charge in [-0.3, -0.25) is 10.3 Å². The number of oxime groups is 1. The van der Waals surface area contributed by atoms with Crippen LogP contribution < -0.4 is 10.6 Å². The molecular weight excluding hydrogens is 328 g/mol. The average molecular weight is 351 g/mol. The fourth-order valence-corrected chi connectivity index (χ4v) is 4.76. The van der Waals surface area contributed by atoms with Crippen LogP contribution in [0.3, 0.4) is 0 Å². The van der Waals surface area contributed by atoms with Gasteiger partial charge in [0.1, 0.15) is 17.0 Å². The van der Waals surface area contributed by atoms with Gasteiger partial charge in [0.2, 0.25) is 0 Å². The van der Waals surface area contributed by atoms with Crippen molar-refractivity contribution < 1.29 is 9.57 Å². The van der Waals surface area contributed by atoms with Crippen molar-refractivity contribution >= 4 is 22.5 Å². The first-order valence-electron chi connectivity index (χ1n) is 8.44. The standard InChI is InChI=1S/C17H23ClN4O2/c1-7-14(8(2)24-22-7)11-5-12-10(6-13(11)23-4)15-16(18)19-9(3)20-17(15)21-12/h5,8-10,14-15,17,20-21H,6H2,1-4H3/t8?,9-,10?,14?,15+,17?/m1/s1. The molecule has 0 spiro atoms. The van der Waals surface area contributed by atoms with Crippen LogP contribution in [0.5, 0.6) is 0 Å². The summed E-state index contributed by atoms with van der Waals surface area (Å²) < 4.78 is 5.75. The molecule has 0 radical (unpaired) electrons. The van der Waals surface area contributed by atoms with Crippen molar-refractivity contribution in [1.82, 2.24) is 10.6 Å². The first kappa shape index (κ1) is 16.0. The lowest BCUT2D eigenvalue weighted by Gasteiger charge is -2.31. The first-order valence-corrected chi connectivity index (χ1v) is 8.82. The van der Waals surface area contributed by atoms with Gasteiger partial charge < -0.3 is 14.9 Å². The lowest BCUT2D eigenvalue weighted by Crippen LogP contribution is -2.50. The summed E-state index contributed by atoms with van der Waals surface area (Å²) in [5.74, 6) is 1.53. The van der Waals surface area contributed by atoms with E-state index in [-0.39, 0.29) is 36.2 Å². The molecule has 1 aliphatic carbocycles. The molecule has 0 saturated carbocycles. The summed E-state index contributed by atoms with van der Waals surface area (Å²) >= 11 is 6.48. The molecule has 130 valence electrons. The van der Waals surface area contributed by atoms with Gasteiger partial charge in [-0.2, -0.15) is 0 Å². The normalized spacial score (nSPS) is 40.8. The molecule has 7 heteroatoms. The second-order valence-electron chi connectivity index (χ2n) is 6.96. The van der Waals surface area contributed by atoms with Gasteiger partial charge in [-0.05, 0) is 26.8 Å². The fraction of sp³-hybridized carbons (Fsp3) is 0.647. The van der Waals surface area contributed by atoms with Crippen LogP contribution in [0.4, 0.5) is 0 Å². The molecule has 24 heavy (non-hydrogen) atoms. The van der Waals surface area contributed by atoms with Gasteiger partial charge in [0.05, 0.1) is 37.0 Å². The van der Waals surface area contributed by atoms with E-state index in [2.05, 4.69) is 26.9 Å². The number of halogens is 1. The van der Waals surface area contributed by atoms with Crippen LogP contribution >= 0.6 is 11.6 Å². The van der Waals surface area contributed by atoms with Crippen molar-refractivity contribution in [3.8, 4) is 0 Å². The molecule has 1 fully saturated rings. The van der Waals surface area contributed by atoms with Gasteiger partial charge in [0.15, 0.2) is 0 Å². The summed E-state index contributed by atoms with van der Waals surface area (Å²) in [5, 5.41) is 11.9. The molecule has 0 aromatic heterocycles. The zero-order valence-corrected chi connectivity index (χ0v) is 15.1. The Morgan fingerprint density at radius 3 is 2.83 bits per heavy atom. The molecule has 6 nitrogen and oxygen atoms in total. The molecule has 0 aromatic carbocycles. The zero-order chi connectivity index (χ0) is 17.0. The molecule has 3 heterocycles. The molecule has 3 aliphatic heterocycles. The molecule has 0 bridgehead atoms. The topological polar surface area (TPSA) is 67.2 Å². The molecule has 0 amide bonds. The summed E-state index contributed by atoms with van der Waals surface area (Å²) in [7, 11) is 1.73. The van der Waals surface area contributed by atoms with Crippen LogP contribution in [0, 0.1) is 17.8 Å². The van der Waals surface area contributed by atoms with Crippen LogP contribution in [-0.2, 0) is 9.57 Å². The Morgan fingerprint density at radius 2 is 2.17 bits per heavy atom. The third-order valence-electron chi connectivity index (χ3n) is 5.43. The summed E-state index contributed by atoms with van der Waals surface area (Å²) in [6.07, 6.45) is 3.18. The number of allylic oxidation sites excluding steroid dienone is 3. The van der Waals surface area contributed by atoms with Crippen LogP contribution in [0.15, 0.2) is 33.3 Å². The molecule has 1 saturated heterocycles. The van der Waals surface area contributed by atoms with E-state index in [0.29, 0.717) is 5.17 Å². The van der Waals surface area contributed by atoms with Crippen molar-refractivity contribution in [2.45, 2.75) is 45.6 Å². The highest BCUT2D eigenvalue weighted by Crippen LogP contribution is 2.44. The number of hydrogen-bond donors (Lipinski definition) is 2. The number of rotatable bonds is 2. The Labute approximate surface area is 147 Å². The van der Waals surface area contributed by atoms with Gasteiger partial charge in [-0.15, -0.1) is 0 Å². The highest BCUT2D eigenvalue weighted by molar-refractivity contribution is 6.66. The molecule has 2 N–H and O–H groups in total. The number of methoxy groups -OCH3 is 1. The number of aliphatic imine (C=N–C) groups is 1. The predicted octanol–water partition coefficient (Wildman–Crippen LogP) is 2.33. The molecule has 4 aliphatic rings. The SMILES string of the molecule is COC1=C(C2C(C)=NOC2C)C=C2NC3N[C@H](C)N=C(Cl)[C@@H]3C2C1. The third kappa shape index (κ3) is 2.35. The van der Waals surface area contributed by atoms with Gasteiger partial charge >= 0.3 is 0 Å². The summed E-state index contributed by atoms with van der Waals surface area (Å²) in [4.78, 5) is 9.95. The number of fused-ring (bicyclic) bond motifs is 3. The smallest absolute Gasteiger partial charge is 0.137 e. The minimum absolute atomic E-state index is 0.0190. The average Bonchev–Trinajstić information content (AvgIpc) is 3.05. The number of nitrogens with one attached hydrogen (secondary N) is 2. The van der Waals surface area contributed by atoms with Crippen molar-refractivity contribution in [2.75, 3.05) is 7.11 Å². The molecule has 6 atom stereocenters. The van der Waals surface area contributed by atoms with Crippen LogP contribution in [0.2, 0.25) is 0 Å². The van der Waals surface area contributed by atoms with Crippen molar-refractivity contribution in [3.05, 3.63) is 23.1 Å². The summed E-state index contributed by atoms with van der Waals surface area (Å²) in [6.45, 7) is 6.07. The minimum Gasteiger partial charge on any atom is -0.501 e. The maximum atomic E-state index is 6.48. The van der Waals surface area contributed by atoms with Gasteiger partial charge in [0, 0.05) is 23.6 Å². The second-order valence-corrected chi connectivity index (χ2v) is 7.34. The molecular formula is C17H23ClN4O2. The molecule has 4 rings (SSSR count). The van der Waals surface area contributed by atoms with E-state index in [1.807, 2.05) is 20.8 Å². The second kappa shape index (κ2) is 5.77. The Morgan fingerprint density at radius 1 is 1.38 bits per heavy atom. The Kier molecular flexibility index (Phi) is 3.84. The summed E-state index contributed by atoms with van der Waals surface area (Å²) in [5.41, 5.74) is 3.34. The maximum absolute atomic E-state index is 6.48. The predicted molar refractivity (Wildman–Crippen MR) is 93.7 cm³/mol. The minimum atomic E-state index is 0.0190. The van der Waals surface area contributed by atoms with E-state index >= 15 is 0 Å². The molecule has 4 unspecified atom stereocenters. The third-order valence-corrected chi connectivity index (χ3v) is 5.78. The van der Waals surface area contributed by atoms with Gasteiger partial charge in [-0.25, -0.2) is 0 Å². The van der Waals surface area contributed by atoms with Gasteiger partial charge in [-0.1, -0.05) is 16.8 Å². The first-order chi connectivity index (χ1) is 11.5. The van der Waals surface area contributed by atoms with E-state index in [1.165, 1.54) is 5.70 Å². The highest BCUT2D eigenvalue weighted by atomic mass is 35.5. The van der Waals surface area contributed by atoms with E-state index in [9.17, 15) is 0 Å². The van der Waals surface area contributed by atoms with Crippen molar-refractivity contribution in [3.63, 3.8) is 0 Å². The molecule has 0 aromatic rings. The highest BCUT2D eigenvalue weighted by Gasteiger charge is 2.47. The van der Waals surface area contributed by atoms with Crippen LogP contribution in [0.25, 0.3) is 0 Å². The van der Waals surface area contributed by atoms with Crippen molar-refractivity contribution in [2.24, 2.45) is 27.9 Å². The fourth-order valence-electron chi connectivity index (χ4n) is 4.34. The Balaban J connectivity index is 1.69.